The molecule has 2 aromatic rings. The molecule has 1 aromatic carbocycles. The van der Waals surface area contributed by atoms with Crippen molar-refractivity contribution < 1.29 is 9.15 Å². The third-order valence-corrected chi connectivity index (χ3v) is 3.32. The summed E-state index contributed by atoms with van der Waals surface area (Å²) >= 11 is 3.43. The van der Waals surface area contributed by atoms with Crippen LogP contribution in [-0.2, 0) is 11.3 Å². The van der Waals surface area contributed by atoms with Gasteiger partial charge in [-0.25, -0.2) is 0 Å². The van der Waals surface area contributed by atoms with Crippen molar-refractivity contribution in [3.8, 4) is 11.3 Å². The van der Waals surface area contributed by atoms with Crippen LogP contribution in [0, 0.1) is 0 Å². The highest BCUT2D eigenvalue weighted by molar-refractivity contribution is 9.10. The molecule has 0 radical (unpaired) electrons. The number of furan rings is 1. The van der Waals surface area contributed by atoms with Gasteiger partial charge in [-0.15, -0.1) is 12.4 Å². The van der Waals surface area contributed by atoms with Crippen LogP contribution in [-0.4, -0.2) is 20.3 Å². The molecular formula is C15H19BrClNO2. The Morgan fingerprint density at radius 3 is 2.60 bits per heavy atom. The summed E-state index contributed by atoms with van der Waals surface area (Å²) in [6, 6.07) is 12.1. The van der Waals surface area contributed by atoms with Gasteiger partial charge in [0, 0.05) is 23.8 Å². The van der Waals surface area contributed by atoms with Gasteiger partial charge in [0.25, 0.3) is 0 Å². The van der Waals surface area contributed by atoms with E-state index in [4.69, 9.17) is 9.15 Å². The zero-order valence-electron chi connectivity index (χ0n) is 11.4. The molecule has 0 aliphatic carbocycles. The minimum absolute atomic E-state index is 0. The quantitative estimate of drug-likeness (QED) is 0.749. The van der Waals surface area contributed by atoms with E-state index in [0.29, 0.717) is 0 Å². The number of benzene rings is 1. The number of rotatable bonds is 7. The van der Waals surface area contributed by atoms with Crippen molar-refractivity contribution in [1.82, 2.24) is 5.32 Å². The van der Waals surface area contributed by atoms with Crippen LogP contribution in [0.5, 0.6) is 0 Å². The van der Waals surface area contributed by atoms with Gasteiger partial charge in [-0.05, 0) is 37.2 Å². The fraction of sp³-hybridized carbons (Fsp3) is 0.333. The summed E-state index contributed by atoms with van der Waals surface area (Å²) in [5.41, 5.74) is 1.09. The van der Waals surface area contributed by atoms with E-state index in [1.54, 1.807) is 7.11 Å². The number of methoxy groups -OCH3 is 1. The Kier molecular flexibility index (Phi) is 7.92. The first-order chi connectivity index (χ1) is 9.29. The monoisotopic (exact) mass is 359 g/mol. The van der Waals surface area contributed by atoms with Crippen molar-refractivity contribution in [3.63, 3.8) is 0 Å². The molecule has 0 aliphatic rings. The van der Waals surface area contributed by atoms with E-state index in [1.165, 1.54) is 0 Å². The summed E-state index contributed by atoms with van der Waals surface area (Å²) in [4.78, 5) is 0. The van der Waals surface area contributed by atoms with Crippen molar-refractivity contribution >= 4 is 28.3 Å². The Morgan fingerprint density at radius 1 is 1.15 bits per heavy atom. The number of hydrogen-bond acceptors (Lipinski definition) is 3. The van der Waals surface area contributed by atoms with Crippen LogP contribution in [0.3, 0.4) is 0 Å². The second-order valence-electron chi connectivity index (χ2n) is 4.30. The Balaban J connectivity index is 0.00000200. The van der Waals surface area contributed by atoms with Gasteiger partial charge in [-0.2, -0.15) is 0 Å². The second kappa shape index (κ2) is 9.19. The first kappa shape index (κ1) is 17.2. The van der Waals surface area contributed by atoms with E-state index in [0.717, 1.165) is 47.7 Å². The summed E-state index contributed by atoms with van der Waals surface area (Å²) in [7, 11) is 1.72. The van der Waals surface area contributed by atoms with E-state index >= 15 is 0 Å². The van der Waals surface area contributed by atoms with Crippen molar-refractivity contribution in [3.05, 3.63) is 46.6 Å². The molecule has 0 spiro atoms. The molecule has 5 heteroatoms. The molecular weight excluding hydrogens is 342 g/mol. The lowest BCUT2D eigenvalue weighted by Gasteiger charge is -2.02. The van der Waals surface area contributed by atoms with Gasteiger partial charge in [0.1, 0.15) is 11.5 Å². The molecule has 0 saturated carbocycles. The lowest BCUT2D eigenvalue weighted by Crippen LogP contribution is -2.15. The molecule has 20 heavy (non-hydrogen) atoms. The van der Waals surface area contributed by atoms with Crippen LogP contribution in [0.4, 0.5) is 0 Å². The van der Waals surface area contributed by atoms with E-state index in [2.05, 4.69) is 21.2 Å². The van der Waals surface area contributed by atoms with Crippen molar-refractivity contribution in [2.75, 3.05) is 20.3 Å². The molecule has 1 N–H and O–H groups in total. The second-order valence-corrected chi connectivity index (χ2v) is 5.21. The predicted molar refractivity (Wildman–Crippen MR) is 87.3 cm³/mol. The molecule has 110 valence electrons. The number of hydrogen-bond donors (Lipinski definition) is 1. The van der Waals surface area contributed by atoms with E-state index in [-0.39, 0.29) is 12.4 Å². The molecule has 0 bridgehead atoms. The summed E-state index contributed by atoms with van der Waals surface area (Å²) in [6.07, 6.45) is 1.01. The highest BCUT2D eigenvalue weighted by atomic mass is 79.9. The van der Waals surface area contributed by atoms with Crippen LogP contribution in [0.1, 0.15) is 12.2 Å². The van der Waals surface area contributed by atoms with Gasteiger partial charge in [-0.1, -0.05) is 28.1 Å². The van der Waals surface area contributed by atoms with Gasteiger partial charge in [0.15, 0.2) is 0 Å². The zero-order valence-corrected chi connectivity index (χ0v) is 13.8. The van der Waals surface area contributed by atoms with Crippen molar-refractivity contribution in [1.29, 1.82) is 0 Å². The van der Waals surface area contributed by atoms with Crippen LogP contribution in [0.15, 0.2) is 45.3 Å². The van der Waals surface area contributed by atoms with Gasteiger partial charge < -0.3 is 14.5 Å². The summed E-state index contributed by atoms with van der Waals surface area (Å²) in [5, 5.41) is 3.33. The highest BCUT2D eigenvalue weighted by Crippen LogP contribution is 2.23. The van der Waals surface area contributed by atoms with E-state index in [1.807, 2.05) is 36.4 Å². The fourth-order valence-corrected chi connectivity index (χ4v) is 2.06. The van der Waals surface area contributed by atoms with Crippen molar-refractivity contribution in [2.24, 2.45) is 0 Å². The summed E-state index contributed by atoms with van der Waals surface area (Å²) < 4.78 is 11.9. The topological polar surface area (TPSA) is 34.4 Å². The van der Waals surface area contributed by atoms with Gasteiger partial charge >= 0.3 is 0 Å². The minimum Gasteiger partial charge on any atom is -0.460 e. The molecule has 2 rings (SSSR count). The number of nitrogens with one attached hydrogen (secondary N) is 1. The maximum absolute atomic E-state index is 5.81. The van der Waals surface area contributed by atoms with Gasteiger partial charge in [-0.3, -0.25) is 0 Å². The molecule has 0 aliphatic heterocycles. The Bertz CT molecular complexity index is 499. The predicted octanol–water partition coefficient (Wildman–Crippen LogP) is 4.26. The summed E-state index contributed by atoms with van der Waals surface area (Å²) in [6.45, 7) is 2.47. The normalized spacial score (nSPS) is 10.3. The zero-order chi connectivity index (χ0) is 13.5. The van der Waals surface area contributed by atoms with Crippen LogP contribution < -0.4 is 5.32 Å². The average molecular weight is 361 g/mol. The van der Waals surface area contributed by atoms with Crippen LogP contribution in [0.25, 0.3) is 11.3 Å². The first-order valence-electron chi connectivity index (χ1n) is 6.34. The average Bonchev–Trinajstić information content (AvgIpc) is 2.88. The third kappa shape index (κ3) is 5.29. The third-order valence-electron chi connectivity index (χ3n) is 2.79. The Labute approximate surface area is 134 Å². The molecule has 1 heterocycles. The van der Waals surface area contributed by atoms with Crippen molar-refractivity contribution in [2.45, 2.75) is 13.0 Å². The fourth-order valence-electron chi connectivity index (χ4n) is 1.80. The molecule has 1 aromatic heterocycles. The van der Waals surface area contributed by atoms with Gasteiger partial charge in [0.05, 0.1) is 6.54 Å². The molecule has 0 unspecified atom stereocenters. The Hall–Kier alpha value is -0.810. The maximum Gasteiger partial charge on any atom is 0.134 e. The first-order valence-corrected chi connectivity index (χ1v) is 7.13. The molecule has 0 atom stereocenters. The molecule has 0 fully saturated rings. The van der Waals surface area contributed by atoms with Crippen LogP contribution in [0.2, 0.25) is 0 Å². The summed E-state index contributed by atoms with van der Waals surface area (Å²) in [5.74, 6) is 1.86. The smallest absolute Gasteiger partial charge is 0.134 e. The minimum atomic E-state index is 0. The van der Waals surface area contributed by atoms with E-state index in [9.17, 15) is 0 Å². The van der Waals surface area contributed by atoms with Gasteiger partial charge in [0.2, 0.25) is 0 Å². The molecule has 0 saturated heterocycles. The Morgan fingerprint density at radius 2 is 1.90 bits per heavy atom. The lowest BCUT2D eigenvalue weighted by molar-refractivity contribution is 0.194. The SMILES string of the molecule is COCCCNCc1ccc(-c2ccc(Br)cc2)o1.Cl. The highest BCUT2D eigenvalue weighted by Gasteiger charge is 2.04. The van der Waals surface area contributed by atoms with E-state index < -0.39 is 0 Å². The largest absolute Gasteiger partial charge is 0.460 e. The molecule has 3 nitrogen and oxygen atoms in total. The number of ether oxygens (including phenoxy) is 1. The van der Waals surface area contributed by atoms with Crippen LogP contribution >= 0.6 is 28.3 Å². The lowest BCUT2D eigenvalue weighted by atomic mass is 10.2. The molecule has 0 amide bonds. The maximum atomic E-state index is 5.81. The number of halogens is 2. The standard InChI is InChI=1S/C15H18BrNO2.ClH/c1-18-10-2-9-17-11-14-7-8-15(19-14)12-3-5-13(16)6-4-12;/h3-8,17H,2,9-11H2,1H3;1H.